The highest BCUT2D eigenvalue weighted by Crippen LogP contribution is 2.38. The average Bonchev–Trinajstić information content (AvgIpc) is 3.30. The Morgan fingerprint density at radius 3 is 1.19 bits per heavy atom. The number of nitrogens with one attached hydrogen (secondary N) is 1. The van der Waals surface area contributed by atoms with E-state index < -0.39 is 26.6 Å². The Morgan fingerprint density at radius 2 is 0.824 bits per heavy atom. The van der Waals surface area contributed by atoms with Gasteiger partial charge in [0.2, 0.25) is 5.91 Å². The third-order valence-corrected chi connectivity index (χ3v) is 14.3. The van der Waals surface area contributed by atoms with Gasteiger partial charge in [-0.15, -0.1) is 0 Å². The van der Waals surface area contributed by atoms with Crippen LogP contribution in [0.3, 0.4) is 0 Å². The number of quaternary nitrogens is 1. The van der Waals surface area contributed by atoms with Crippen LogP contribution in [-0.2, 0) is 18.4 Å². The summed E-state index contributed by atoms with van der Waals surface area (Å²) in [6.07, 6.45) is 65.2. The molecule has 0 heterocycles. The Bertz CT molecular complexity index is 1200. The summed E-state index contributed by atoms with van der Waals surface area (Å²) in [4.78, 5) is 25.5. The molecule has 9 heteroatoms. The van der Waals surface area contributed by atoms with E-state index in [1.165, 1.54) is 218 Å². The number of likely N-dealkylation sites (N-methyl/N-ethyl adjacent to an activating group) is 1. The molecular formula is C59H115N2O6P. The lowest BCUT2D eigenvalue weighted by Crippen LogP contribution is -2.45. The van der Waals surface area contributed by atoms with Gasteiger partial charge in [-0.3, -0.25) is 9.36 Å². The number of aliphatic hydroxyl groups is 1. The standard InChI is InChI=1S/C59H115N2O6P/c1-6-8-10-12-14-16-18-20-22-24-26-27-28-29-30-31-32-33-35-36-38-40-42-44-46-48-50-52-58(62)57(56-67-68(64,65)66-55-54-61(3,4)5)60-59(63)53-51-49-47-45-43-41-39-37-34-25-23-21-19-17-15-13-11-9-7-2/h35-36,42,44,50,52,57-58,62H,6-34,37-41,43,45-49,51,53-56H2,1-5H3,(H-,60,63,64,65)/b36-35+,44-42+,52-50+. The number of hydrogen-bond donors (Lipinski definition) is 2. The van der Waals surface area contributed by atoms with Crippen molar-refractivity contribution in [3.8, 4) is 0 Å². The van der Waals surface area contributed by atoms with Gasteiger partial charge in [-0.25, -0.2) is 0 Å². The number of allylic oxidation sites excluding steroid dienone is 5. The lowest BCUT2D eigenvalue weighted by atomic mass is 10.0. The molecule has 0 fully saturated rings. The molecule has 0 aliphatic carbocycles. The fourth-order valence-corrected chi connectivity index (χ4v) is 9.44. The molecule has 0 rings (SSSR count). The van der Waals surface area contributed by atoms with E-state index in [4.69, 9.17) is 9.05 Å². The van der Waals surface area contributed by atoms with Crippen LogP contribution in [0, 0.1) is 0 Å². The van der Waals surface area contributed by atoms with Gasteiger partial charge < -0.3 is 28.8 Å². The molecule has 0 aromatic heterocycles. The van der Waals surface area contributed by atoms with Crippen molar-refractivity contribution in [2.75, 3.05) is 40.9 Å². The Hall–Kier alpha value is -1.28. The molecule has 1 amide bonds. The molecule has 0 saturated heterocycles. The first-order valence-corrected chi connectivity index (χ1v) is 30.8. The minimum Gasteiger partial charge on any atom is -0.756 e. The third-order valence-electron chi connectivity index (χ3n) is 13.3. The predicted octanol–water partition coefficient (Wildman–Crippen LogP) is 17.1. The summed E-state index contributed by atoms with van der Waals surface area (Å²) in [6, 6.07) is -0.908. The number of amides is 1. The summed E-state index contributed by atoms with van der Waals surface area (Å²) in [6.45, 7) is 4.66. The van der Waals surface area contributed by atoms with Crippen molar-refractivity contribution < 1.29 is 32.9 Å². The second kappa shape index (κ2) is 50.7. The van der Waals surface area contributed by atoms with Crippen molar-refractivity contribution in [3.63, 3.8) is 0 Å². The van der Waals surface area contributed by atoms with Crippen LogP contribution in [0.4, 0.5) is 0 Å². The lowest BCUT2D eigenvalue weighted by Gasteiger charge is -2.29. The smallest absolute Gasteiger partial charge is 0.268 e. The van der Waals surface area contributed by atoms with Crippen molar-refractivity contribution >= 4 is 13.7 Å². The normalized spacial score (nSPS) is 14.2. The maximum atomic E-state index is 12.9. The molecule has 3 unspecified atom stereocenters. The number of carbonyl (C=O) groups excluding carboxylic acids is 1. The van der Waals surface area contributed by atoms with Crippen LogP contribution in [0.25, 0.3) is 0 Å². The molecule has 2 N–H and O–H groups in total. The molecule has 3 atom stereocenters. The summed E-state index contributed by atoms with van der Waals surface area (Å²) in [7, 11) is 1.25. The van der Waals surface area contributed by atoms with Crippen molar-refractivity contribution in [1.82, 2.24) is 5.32 Å². The number of phosphoric acid groups is 1. The van der Waals surface area contributed by atoms with Gasteiger partial charge in [0.05, 0.1) is 39.9 Å². The van der Waals surface area contributed by atoms with Gasteiger partial charge in [-0.2, -0.15) is 0 Å². The fourth-order valence-electron chi connectivity index (χ4n) is 8.72. The third kappa shape index (κ3) is 52.5. The van der Waals surface area contributed by atoms with Gasteiger partial charge in [0.25, 0.3) is 7.82 Å². The predicted molar refractivity (Wildman–Crippen MR) is 293 cm³/mol. The highest BCUT2D eigenvalue weighted by atomic mass is 31.2. The number of unbranched alkanes of at least 4 members (excludes halogenated alkanes) is 37. The van der Waals surface area contributed by atoms with E-state index in [9.17, 15) is 19.4 Å². The number of hydrogen-bond acceptors (Lipinski definition) is 6. The van der Waals surface area contributed by atoms with E-state index >= 15 is 0 Å². The number of aliphatic hydroxyl groups excluding tert-OH is 1. The Balaban J connectivity index is 4.25. The Kier molecular flexibility index (Phi) is 49.7. The van der Waals surface area contributed by atoms with E-state index in [0.717, 1.165) is 44.9 Å². The van der Waals surface area contributed by atoms with E-state index in [1.54, 1.807) is 6.08 Å². The zero-order chi connectivity index (χ0) is 49.9. The van der Waals surface area contributed by atoms with Gasteiger partial charge in [-0.1, -0.05) is 269 Å². The van der Waals surface area contributed by atoms with Crippen molar-refractivity contribution in [2.24, 2.45) is 0 Å². The van der Waals surface area contributed by atoms with Crippen LogP contribution in [0.1, 0.15) is 284 Å². The SMILES string of the molecule is CCCCCCCCCCCCCCCCCCC/C=C/CC/C=C/CC/C=C/C(O)C(COP(=O)([O-])OCC[N+](C)(C)C)NC(=O)CCCCCCCCCCCCCCCCCCCCC. The topological polar surface area (TPSA) is 108 Å². The summed E-state index contributed by atoms with van der Waals surface area (Å²) < 4.78 is 23.3. The van der Waals surface area contributed by atoms with E-state index in [-0.39, 0.29) is 12.5 Å². The molecule has 0 aliphatic heterocycles. The van der Waals surface area contributed by atoms with Crippen molar-refractivity contribution in [1.29, 1.82) is 0 Å². The van der Waals surface area contributed by atoms with Gasteiger partial charge in [0, 0.05) is 6.42 Å². The van der Waals surface area contributed by atoms with Crippen LogP contribution in [0.5, 0.6) is 0 Å². The second-order valence-electron chi connectivity index (χ2n) is 21.3. The number of nitrogens with zero attached hydrogens (tertiary/aromatic N) is 1. The molecule has 402 valence electrons. The highest BCUT2D eigenvalue weighted by Gasteiger charge is 2.23. The van der Waals surface area contributed by atoms with Crippen LogP contribution < -0.4 is 10.2 Å². The van der Waals surface area contributed by atoms with Gasteiger partial charge in [0.15, 0.2) is 0 Å². The van der Waals surface area contributed by atoms with Crippen LogP contribution in [0.15, 0.2) is 36.5 Å². The summed E-state index contributed by atoms with van der Waals surface area (Å²) in [5, 5.41) is 13.9. The maximum absolute atomic E-state index is 12.9. The Morgan fingerprint density at radius 1 is 0.500 bits per heavy atom. The minimum atomic E-state index is -4.61. The molecule has 8 nitrogen and oxygen atoms in total. The number of rotatable bonds is 54. The largest absolute Gasteiger partial charge is 0.756 e. The summed E-state index contributed by atoms with van der Waals surface area (Å²) >= 11 is 0. The molecular weight excluding hydrogens is 864 g/mol. The number of carbonyl (C=O) groups is 1. The van der Waals surface area contributed by atoms with Crippen molar-refractivity contribution in [2.45, 2.75) is 296 Å². The van der Waals surface area contributed by atoms with Gasteiger partial charge in [0.1, 0.15) is 13.2 Å². The molecule has 0 aromatic rings. The molecule has 0 saturated carbocycles. The quantitative estimate of drug-likeness (QED) is 0.0272. The second-order valence-corrected chi connectivity index (χ2v) is 22.8. The van der Waals surface area contributed by atoms with Crippen LogP contribution in [0.2, 0.25) is 0 Å². The molecule has 0 bridgehead atoms. The van der Waals surface area contributed by atoms with E-state index in [1.807, 2.05) is 27.2 Å². The van der Waals surface area contributed by atoms with Crippen molar-refractivity contribution in [3.05, 3.63) is 36.5 Å². The summed E-state index contributed by atoms with van der Waals surface area (Å²) in [5.74, 6) is -0.207. The highest BCUT2D eigenvalue weighted by molar-refractivity contribution is 7.45. The molecule has 0 spiro atoms. The maximum Gasteiger partial charge on any atom is 0.268 e. The molecule has 0 aromatic carbocycles. The molecule has 0 radical (unpaired) electrons. The van der Waals surface area contributed by atoms with E-state index in [2.05, 4.69) is 43.5 Å². The zero-order valence-electron chi connectivity index (χ0n) is 45.8. The Labute approximate surface area is 423 Å². The van der Waals surface area contributed by atoms with E-state index in [0.29, 0.717) is 17.4 Å². The fraction of sp³-hybridized carbons (Fsp3) is 0.881. The first kappa shape index (κ1) is 66.7. The zero-order valence-corrected chi connectivity index (χ0v) is 46.7. The summed E-state index contributed by atoms with van der Waals surface area (Å²) in [5.41, 5.74) is 0. The van der Waals surface area contributed by atoms with Crippen LogP contribution >= 0.6 is 7.82 Å². The lowest BCUT2D eigenvalue weighted by molar-refractivity contribution is -0.870. The first-order valence-electron chi connectivity index (χ1n) is 29.4. The van der Waals surface area contributed by atoms with Crippen LogP contribution in [-0.4, -0.2) is 68.5 Å². The minimum absolute atomic E-state index is 0.00736. The van der Waals surface area contributed by atoms with Gasteiger partial charge >= 0.3 is 0 Å². The van der Waals surface area contributed by atoms with Gasteiger partial charge in [-0.05, 0) is 44.9 Å². The number of phosphoric ester groups is 1. The average molecular weight is 980 g/mol. The monoisotopic (exact) mass is 979 g/mol. The molecule has 0 aliphatic rings. The molecule has 68 heavy (non-hydrogen) atoms. The first-order chi connectivity index (χ1) is 33.0.